The Morgan fingerprint density at radius 2 is 2.00 bits per heavy atom. The van der Waals surface area contributed by atoms with E-state index in [1.807, 2.05) is 29.2 Å². The van der Waals surface area contributed by atoms with Crippen molar-refractivity contribution >= 4 is 21.3 Å². The van der Waals surface area contributed by atoms with Gasteiger partial charge in [-0.1, -0.05) is 12.1 Å². The molecule has 0 amide bonds. The van der Waals surface area contributed by atoms with Crippen molar-refractivity contribution in [3.05, 3.63) is 29.8 Å². The summed E-state index contributed by atoms with van der Waals surface area (Å²) in [6.45, 7) is 1.18. The summed E-state index contributed by atoms with van der Waals surface area (Å²) in [5, 5.41) is 0. The van der Waals surface area contributed by atoms with Crippen LogP contribution in [0.2, 0.25) is 0 Å². The molecule has 18 heavy (non-hydrogen) atoms. The van der Waals surface area contributed by atoms with Gasteiger partial charge < -0.3 is 4.90 Å². The Balaban J connectivity index is 2.26. The summed E-state index contributed by atoms with van der Waals surface area (Å²) in [7, 11) is -2.98. The molecule has 0 atom stereocenters. The van der Waals surface area contributed by atoms with E-state index in [1.165, 1.54) is 6.26 Å². The smallest absolute Gasteiger partial charge is 0.165 e. The van der Waals surface area contributed by atoms with Crippen LogP contribution in [-0.2, 0) is 9.84 Å². The molecule has 0 saturated carbocycles. The molecule has 0 N–H and O–H groups in total. The Kier molecular flexibility index (Phi) is 3.71. The normalized spacial score (nSPS) is 16.3. The van der Waals surface area contributed by atoms with Crippen molar-refractivity contribution in [3.8, 4) is 0 Å². The van der Waals surface area contributed by atoms with Crippen molar-refractivity contribution in [2.45, 2.75) is 12.8 Å². The lowest BCUT2D eigenvalue weighted by molar-refractivity contribution is 0.0984. The highest BCUT2D eigenvalue weighted by atomic mass is 32.2. The van der Waals surface area contributed by atoms with Gasteiger partial charge in [0.15, 0.2) is 5.78 Å². The number of hydrogen-bond donors (Lipinski definition) is 0. The van der Waals surface area contributed by atoms with Crippen LogP contribution in [0.3, 0.4) is 0 Å². The van der Waals surface area contributed by atoms with Gasteiger partial charge in [0.05, 0.1) is 5.75 Å². The first kappa shape index (κ1) is 13.1. The van der Waals surface area contributed by atoms with E-state index in [-0.39, 0.29) is 11.5 Å². The predicted octanol–water partition coefficient (Wildman–Crippen LogP) is 1.51. The van der Waals surface area contributed by atoms with Crippen molar-refractivity contribution in [1.82, 2.24) is 0 Å². The summed E-state index contributed by atoms with van der Waals surface area (Å²) >= 11 is 0. The number of benzene rings is 1. The van der Waals surface area contributed by atoms with Gasteiger partial charge in [-0.15, -0.1) is 0 Å². The largest absolute Gasteiger partial charge is 0.370 e. The van der Waals surface area contributed by atoms with Gasteiger partial charge in [-0.25, -0.2) is 8.42 Å². The molecule has 0 fully saturated rings. The zero-order valence-corrected chi connectivity index (χ0v) is 11.2. The minimum absolute atomic E-state index is 0.121. The Labute approximate surface area is 108 Å². The van der Waals surface area contributed by atoms with Gasteiger partial charge >= 0.3 is 0 Å². The lowest BCUT2D eigenvalue weighted by atomic mass is 10.1. The van der Waals surface area contributed by atoms with Gasteiger partial charge in [0.1, 0.15) is 9.84 Å². The zero-order chi connectivity index (χ0) is 13.2. The summed E-state index contributed by atoms with van der Waals surface area (Å²) in [6, 6.07) is 7.43. The van der Waals surface area contributed by atoms with E-state index in [0.29, 0.717) is 18.5 Å². The Bertz CT molecular complexity index is 551. The minimum Gasteiger partial charge on any atom is -0.370 e. The first-order chi connectivity index (χ1) is 8.47. The number of nitrogens with zero attached hydrogens (tertiary/aromatic N) is 1. The van der Waals surface area contributed by atoms with Crippen molar-refractivity contribution in [3.63, 3.8) is 0 Å². The molecule has 0 bridgehead atoms. The average Bonchev–Trinajstić information content (AvgIpc) is 2.46. The fourth-order valence-electron chi connectivity index (χ4n) is 2.18. The number of Topliss-reactive ketones (excluding diaryl/α,β-unsaturated/α-hetero) is 1. The zero-order valence-electron chi connectivity index (χ0n) is 10.4. The first-order valence-electron chi connectivity index (χ1n) is 6.02. The number of hydrogen-bond acceptors (Lipinski definition) is 4. The van der Waals surface area contributed by atoms with E-state index < -0.39 is 9.84 Å². The van der Waals surface area contributed by atoms with Crippen LogP contribution in [0.15, 0.2) is 24.3 Å². The number of rotatable bonds is 3. The van der Waals surface area contributed by atoms with Crippen LogP contribution in [0.1, 0.15) is 23.2 Å². The number of para-hydroxylation sites is 1. The van der Waals surface area contributed by atoms with Crippen LogP contribution >= 0.6 is 0 Å². The van der Waals surface area contributed by atoms with E-state index in [0.717, 1.165) is 18.7 Å². The molecule has 1 heterocycles. The van der Waals surface area contributed by atoms with Crippen molar-refractivity contribution in [1.29, 1.82) is 0 Å². The number of anilines is 1. The van der Waals surface area contributed by atoms with Gasteiger partial charge in [0.2, 0.25) is 0 Å². The molecular formula is C13H17NO3S. The van der Waals surface area contributed by atoms with Crippen LogP contribution in [-0.4, -0.2) is 39.3 Å². The second kappa shape index (κ2) is 5.10. The number of carbonyl (C=O) groups excluding carboxylic acids is 1. The van der Waals surface area contributed by atoms with Crippen molar-refractivity contribution < 1.29 is 13.2 Å². The Hall–Kier alpha value is -1.36. The molecule has 0 saturated heterocycles. The van der Waals surface area contributed by atoms with E-state index in [9.17, 15) is 13.2 Å². The molecule has 4 nitrogen and oxygen atoms in total. The minimum atomic E-state index is -2.98. The molecule has 0 spiro atoms. The third-order valence-electron chi connectivity index (χ3n) is 3.11. The van der Waals surface area contributed by atoms with Crippen molar-refractivity contribution in [2.24, 2.45) is 0 Å². The monoisotopic (exact) mass is 267 g/mol. The Morgan fingerprint density at radius 1 is 1.28 bits per heavy atom. The first-order valence-corrected chi connectivity index (χ1v) is 8.08. The maximum atomic E-state index is 11.9. The standard InChI is InChI=1S/C13H17NO3S/c1-18(16,17)10-9-14-8-4-7-13(15)11-5-2-3-6-12(11)14/h2-3,5-6H,4,7-10H2,1H3. The maximum Gasteiger partial charge on any atom is 0.165 e. The molecule has 1 aliphatic heterocycles. The fourth-order valence-corrected chi connectivity index (χ4v) is 2.73. The third-order valence-corrected chi connectivity index (χ3v) is 4.03. The quantitative estimate of drug-likeness (QED) is 0.833. The summed E-state index contributed by atoms with van der Waals surface area (Å²) in [4.78, 5) is 13.9. The van der Waals surface area contributed by atoms with E-state index in [1.54, 1.807) is 0 Å². The van der Waals surface area contributed by atoms with Crippen LogP contribution in [0.4, 0.5) is 5.69 Å². The molecule has 1 aromatic carbocycles. The van der Waals surface area contributed by atoms with E-state index in [2.05, 4.69) is 0 Å². The molecule has 0 radical (unpaired) electrons. The number of ketones is 1. The SMILES string of the molecule is CS(=O)(=O)CCN1CCCC(=O)c2ccccc21. The number of sulfone groups is 1. The van der Waals surface area contributed by atoms with Gasteiger partial charge in [-0.3, -0.25) is 4.79 Å². The molecule has 1 aromatic rings. The molecule has 1 aliphatic rings. The van der Waals surface area contributed by atoms with Crippen LogP contribution in [0, 0.1) is 0 Å². The summed E-state index contributed by atoms with van der Waals surface area (Å²) in [6.07, 6.45) is 2.55. The maximum absolute atomic E-state index is 11.9. The summed E-state index contributed by atoms with van der Waals surface area (Å²) in [5.41, 5.74) is 1.58. The topological polar surface area (TPSA) is 54.5 Å². The highest BCUT2D eigenvalue weighted by molar-refractivity contribution is 7.90. The molecule has 98 valence electrons. The van der Waals surface area contributed by atoms with Crippen LogP contribution in [0.25, 0.3) is 0 Å². The molecule has 0 aliphatic carbocycles. The second-order valence-electron chi connectivity index (χ2n) is 4.66. The number of carbonyl (C=O) groups is 1. The van der Waals surface area contributed by atoms with Gasteiger partial charge in [0.25, 0.3) is 0 Å². The lowest BCUT2D eigenvalue weighted by Crippen LogP contribution is -2.29. The van der Waals surface area contributed by atoms with Gasteiger partial charge in [-0.2, -0.15) is 0 Å². The Morgan fingerprint density at radius 3 is 2.72 bits per heavy atom. The lowest BCUT2D eigenvalue weighted by Gasteiger charge is -2.23. The molecule has 2 rings (SSSR count). The average molecular weight is 267 g/mol. The molecule has 0 aromatic heterocycles. The molecule has 0 unspecified atom stereocenters. The second-order valence-corrected chi connectivity index (χ2v) is 6.92. The van der Waals surface area contributed by atoms with Gasteiger partial charge in [0, 0.05) is 37.0 Å². The van der Waals surface area contributed by atoms with Gasteiger partial charge in [-0.05, 0) is 18.6 Å². The van der Waals surface area contributed by atoms with E-state index in [4.69, 9.17) is 0 Å². The highest BCUT2D eigenvalue weighted by Crippen LogP contribution is 2.25. The number of fused-ring (bicyclic) bond motifs is 1. The van der Waals surface area contributed by atoms with Crippen LogP contribution < -0.4 is 4.90 Å². The molecular weight excluding hydrogens is 250 g/mol. The molecule has 5 heteroatoms. The van der Waals surface area contributed by atoms with Crippen LogP contribution in [0.5, 0.6) is 0 Å². The van der Waals surface area contributed by atoms with Crippen molar-refractivity contribution in [2.75, 3.05) is 30.0 Å². The summed E-state index contributed by atoms with van der Waals surface area (Å²) < 4.78 is 22.5. The fraction of sp³-hybridized carbons (Fsp3) is 0.462. The summed E-state index contributed by atoms with van der Waals surface area (Å²) in [5.74, 6) is 0.266. The third kappa shape index (κ3) is 3.10. The predicted molar refractivity (Wildman–Crippen MR) is 71.9 cm³/mol. The van der Waals surface area contributed by atoms with E-state index >= 15 is 0 Å². The highest BCUT2D eigenvalue weighted by Gasteiger charge is 2.20.